The average Bonchev–Trinajstić information content (AvgIpc) is 3.42. The van der Waals surface area contributed by atoms with Gasteiger partial charge in [-0.3, -0.25) is 4.79 Å². The molecule has 1 heterocycles. The number of fused-ring (bicyclic) bond motifs is 1. The molecule has 0 radical (unpaired) electrons. The molecule has 0 aliphatic heterocycles. The monoisotopic (exact) mass is 692 g/mol. The van der Waals surface area contributed by atoms with Gasteiger partial charge in [-0.2, -0.15) is 5.26 Å². The summed E-state index contributed by atoms with van der Waals surface area (Å²) in [6, 6.07) is 42.3. The fourth-order valence-corrected chi connectivity index (χ4v) is 5.99. The van der Waals surface area contributed by atoms with Crippen LogP contribution >= 0.6 is 11.6 Å². The number of ether oxygens (including phenoxy) is 1. The van der Waals surface area contributed by atoms with Crippen LogP contribution < -0.4 is 4.90 Å². The van der Waals surface area contributed by atoms with Gasteiger partial charge in [0, 0.05) is 28.7 Å². The molecular weight excluding hydrogens is 660 g/mol. The van der Waals surface area contributed by atoms with Gasteiger partial charge in [0.15, 0.2) is 5.57 Å². The van der Waals surface area contributed by atoms with Gasteiger partial charge in [-0.15, -0.1) is 0 Å². The average molecular weight is 693 g/mol. The summed E-state index contributed by atoms with van der Waals surface area (Å²) >= 11 is 6.53. The number of hydrogen-bond donors (Lipinski definition) is 1. The number of benzene rings is 5. The van der Waals surface area contributed by atoms with Crippen LogP contribution in [0.3, 0.4) is 0 Å². The minimum Gasteiger partial charge on any atom is -0.494 e. The first kappa shape index (κ1) is 34.4. The molecule has 0 saturated heterocycles. The largest absolute Gasteiger partial charge is 0.494 e. The van der Waals surface area contributed by atoms with Crippen molar-refractivity contribution in [1.82, 2.24) is 4.57 Å². The Kier molecular flexibility index (Phi) is 10.7. The lowest BCUT2D eigenvalue weighted by Gasteiger charge is -2.23. The number of esters is 1. The molecular formula is C42H33ClN4O4. The van der Waals surface area contributed by atoms with Crippen LogP contribution in [0.25, 0.3) is 10.9 Å². The molecule has 0 unspecified atom stereocenters. The van der Waals surface area contributed by atoms with E-state index in [0.717, 1.165) is 11.1 Å². The highest BCUT2D eigenvalue weighted by Crippen LogP contribution is 2.38. The second-order valence-electron chi connectivity index (χ2n) is 11.6. The van der Waals surface area contributed by atoms with Gasteiger partial charge < -0.3 is 19.3 Å². The lowest BCUT2D eigenvalue weighted by Crippen LogP contribution is -2.20. The number of para-hydroxylation sites is 2. The van der Waals surface area contributed by atoms with Gasteiger partial charge in [-0.05, 0) is 48.4 Å². The van der Waals surface area contributed by atoms with E-state index in [9.17, 15) is 20.0 Å². The number of ketones is 1. The number of halogens is 1. The summed E-state index contributed by atoms with van der Waals surface area (Å²) in [4.78, 5) is 34.0. The Morgan fingerprint density at radius 1 is 0.882 bits per heavy atom. The molecule has 5 aromatic carbocycles. The molecule has 0 atom stereocenters. The number of aliphatic imine (C=N–C) groups is 1. The number of carbonyl (C=O) groups excluding carboxylic acids is 2. The highest BCUT2D eigenvalue weighted by atomic mass is 35.5. The summed E-state index contributed by atoms with van der Waals surface area (Å²) in [5, 5.41) is 22.9. The smallest absolute Gasteiger partial charge is 0.350 e. The number of aromatic hydroxyl groups is 1. The Labute approximate surface area is 300 Å². The number of nitriles is 1. The molecule has 0 aliphatic rings. The number of carbonyl (C=O) groups is 2. The van der Waals surface area contributed by atoms with Gasteiger partial charge >= 0.3 is 5.97 Å². The fraction of sp³-hybridized carbons (Fsp3) is 0.0952. The van der Waals surface area contributed by atoms with Crippen LogP contribution in [0.5, 0.6) is 5.88 Å². The van der Waals surface area contributed by atoms with Crippen molar-refractivity contribution in [2.45, 2.75) is 20.0 Å². The van der Waals surface area contributed by atoms with E-state index in [4.69, 9.17) is 21.3 Å². The van der Waals surface area contributed by atoms with Crippen LogP contribution in [0.4, 0.5) is 11.4 Å². The number of hydrogen-bond acceptors (Lipinski definition) is 7. The molecule has 9 heteroatoms. The fourth-order valence-electron chi connectivity index (χ4n) is 5.81. The summed E-state index contributed by atoms with van der Waals surface area (Å²) in [6.45, 7) is 2.36. The number of aromatic nitrogens is 1. The molecule has 252 valence electrons. The van der Waals surface area contributed by atoms with Crippen LogP contribution in [-0.2, 0) is 22.6 Å². The second-order valence-corrected chi connectivity index (χ2v) is 12.0. The third kappa shape index (κ3) is 7.75. The van der Waals surface area contributed by atoms with Crippen LogP contribution in [0.1, 0.15) is 34.0 Å². The predicted molar refractivity (Wildman–Crippen MR) is 201 cm³/mol. The van der Waals surface area contributed by atoms with E-state index < -0.39 is 11.8 Å². The summed E-state index contributed by atoms with van der Waals surface area (Å²) in [7, 11) is 0. The van der Waals surface area contributed by atoms with Crippen molar-refractivity contribution in [3.05, 3.63) is 173 Å². The SMILES string of the molecule is CCOC(=O)/C(C#N)=C/N(Cc1ccccc1)c1ccccc1N=C(C(=O)c1ccccc1)c1c(O)n(Cc2ccccc2)c2ccc(Cl)cc12. The third-order valence-corrected chi connectivity index (χ3v) is 8.42. The molecule has 0 bridgehead atoms. The van der Waals surface area contributed by atoms with E-state index in [1.807, 2.05) is 78.9 Å². The van der Waals surface area contributed by atoms with E-state index >= 15 is 0 Å². The maximum Gasteiger partial charge on any atom is 0.350 e. The van der Waals surface area contributed by atoms with Gasteiger partial charge in [0.2, 0.25) is 11.7 Å². The van der Waals surface area contributed by atoms with E-state index in [2.05, 4.69) is 0 Å². The molecule has 1 aromatic heterocycles. The zero-order chi connectivity index (χ0) is 35.7. The lowest BCUT2D eigenvalue weighted by atomic mass is 9.99. The van der Waals surface area contributed by atoms with Crippen molar-refractivity contribution < 1.29 is 19.4 Å². The zero-order valence-electron chi connectivity index (χ0n) is 27.7. The minimum absolute atomic E-state index is 0.0141. The maximum absolute atomic E-state index is 14.5. The molecule has 0 fully saturated rings. The second kappa shape index (κ2) is 15.9. The van der Waals surface area contributed by atoms with E-state index in [0.29, 0.717) is 39.4 Å². The molecule has 0 aliphatic carbocycles. The first-order chi connectivity index (χ1) is 24.9. The minimum atomic E-state index is -0.757. The van der Waals surface area contributed by atoms with Crippen LogP contribution in [0, 0.1) is 11.3 Å². The number of rotatable bonds is 12. The molecule has 8 nitrogen and oxygen atoms in total. The molecule has 0 spiro atoms. The summed E-state index contributed by atoms with van der Waals surface area (Å²) < 4.78 is 6.89. The summed E-state index contributed by atoms with van der Waals surface area (Å²) in [6.07, 6.45) is 1.43. The maximum atomic E-state index is 14.5. The predicted octanol–water partition coefficient (Wildman–Crippen LogP) is 9.03. The molecule has 0 amide bonds. The zero-order valence-corrected chi connectivity index (χ0v) is 28.5. The van der Waals surface area contributed by atoms with Gasteiger partial charge in [0.05, 0.1) is 35.6 Å². The van der Waals surface area contributed by atoms with Crippen LogP contribution in [-0.4, -0.2) is 33.7 Å². The van der Waals surface area contributed by atoms with E-state index in [-0.39, 0.29) is 35.9 Å². The van der Waals surface area contributed by atoms with Crippen molar-refractivity contribution >= 4 is 51.3 Å². The van der Waals surface area contributed by atoms with Crippen LogP contribution in [0.15, 0.2) is 150 Å². The Morgan fingerprint density at radius 2 is 1.51 bits per heavy atom. The Hall–Kier alpha value is -6.43. The normalized spacial score (nSPS) is 11.6. The first-order valence-electron chi connectivity index (χ1n) is 16.3. The van der Waals surface area contributed by atoms with E-state index in [1.54, 1.807) is 77.1 Å². The number of Topliss-reactive ketones (excluding diaryl/α,β-unsaturated/α-hetero) is 1. The highest BCUT2D eigenvalue weighted by molar-refractivity contribution is 6.54. The van der Waals surface area contributed by atoms with Gasteiger partial charge in [0.1, 0.15) is 11.8 Å². The summed E-state index contributed by atoms with van der Waals surface area (Å²) in [5.74, 6) is -1.33. The lowest BCUT2D eigenvalue weighted by molar-refractivity contribution is -0.138. The first-order valence-corrected chi connectivity index (χ1v) is 16.7. The van der Waals surface area contributed by atoms with Crippen molar-refractivity contribution in [2.75, 3.05) is 11.5 Å². The van der Waals surface area contributed by atoms with Crippen molar-refractivity contribution in [1.29, 1.82) is 5.26 Å². The van der Waals surface area contributed by atoms with Gasteiger partial charge in [-0.25, -0.2) is 9.79 Å². The molecule has 0 saturated carbocycles. The van der Waals surface area contributed by atoms with Crippen molar-refractivity contribution in [3.8, 4) is 11.9 Å². The Balaban J connectivity index is 1.59. The number of nitrogens with zero attached hydrogens (tertiary/aromatic N) is 4. The van der Waals surface area contributed by atoms with Gasteiger partial charge in [-0.1, -0.05) is 115 Å². The molecule has 6 rings (SSSR count). The van der Waals surface area contributed by atoms with Gasteiger partial charge in [0.25, 0.3) is 0 Å². The number of anilines is 1. The molecule has 6 aromatic rings. The van der Waals surface area contributed by atoms with E-state index in [1.165, 1.54) is 6.20 Å². The molecule has 1 N–H and O–H groups in total. The highest BCUT2D eigenvalue weighted by Gasteiger charge is 2.28. The molecule has 51 heavy (non-hydrogen) atoms. The quantitative estimate of drug-likeness (QED) is 0.0451. The van der Waals surface area contributed by atoms with Crippen LogP contribution in [0.2, 0.25) is 5.02 Å². The van der Waals surface area contributed by atoms with Crippen molar-refractivity contribution in [3.63, 3.8) is 0 Å². The Morgan fingerprint density at radius 3 is 2.18 bits per heavy atom. The summed E-state index contributed by atoms with van der Waals surface area (Å²) in [5.41, 5.74) is 3.74. The van der Waals surface area contributed by atoms with Crippen molar-refractivity contribution in [2.24, 2.45) is 4.99 Å². The third-order valence-electron chi connectivity index (χ3n) is 8.19. The topological polar surface area (TPSA) is 108 Å². The Bertz CT molecular complexity index is 2290. The standard InChI is InChI=1S/C42H33ClN4O4/c1-2-51-42(50)32(25-44)28-46(26-29-14-6-3-7-15-29)37-21-13-12-20-35(37)45-39(40(48)31-18-10-5-11-19-31)38-34-24-33(43)22-23-36(34)47(41(38)49)27-30-16-8-4-9-17-30/h3-24,28,49H,2,26-27H2,1H3/b32-28+,45-39?.